The van der Waals surface area contributed by atoms with Crippen LogP contribution >= 0.6 is 35.3 Å². The van der Waals surface area contributed by atoms with Crippen LogP contribution in [0.4, 0.5) is 5.13 Å². The van der Waals surface area contributed by atoms with Gasteiger partial charge in [0.15, 0.2) is 11.1 Å². The summed E-state index contributed by atoms with van der Waals surface area (Å²) in [6.07, 6.45) is 3.50. The summed E-state index contributed by atoms with van der Waals surface area (Å²) < 4.78 is 5.96. The van der Waals surface area contributed by atoms with Crippen molar-refractivity contribution in [3.05, 3.63) is 40.9 Å². The molecular weight excluding hydrogens is 497 g/mol. The Morgan fingerprint density at radius 3 is 2.83 bits per heavy atom. The number of guanidine groups is 1. The molecule has 2 N–H and O–H groups in total. The van der Waals surface area contributed by atoms with E-state index in [1.54, 1.807) is 18.4 Å². The summed E-state index contributed by atoms with van der Waals surface area (Å²) in [5.41, 5.74) is 2.34. The van der Waals surface area contributed by atoms with Crippen molar-refractivity contribution in [3.63, 3.8) is 0 Å². The first-order chi connectivity index (χ1) is 13.6. The Bertz CT molecular complexity index is 776. The quantitative estimate of drug-likeness (QED) is 0.309. The molecule has 0 aliphatic carbocycles. The third-order valence-corrected chi connectivity index (χ3v) is 5.65. The molecule has 29 heavy (non-hydrogen) atoms. The molecule has 2 heterocycles. The van der Waals surface area contributed by atoms with E-state index in [2.05, 4.69) is 45.8 Å². The van der Waals surface area contributed by atoms with Crippen LogP contribution in [0.2, 0.25) is 0 Å². The molecule has 1 aliphatic rings. The molecule has 160 valence electrons. The van der Waals surface area contributed by atoms with Crippen LogP contribution in [-0.2, 0) is 6.42 Å². The number of nitrogens with zero attached hydrogens (tertiary/aromatic N) is 3. The molecule has 1 aliphatic heterocycles. The summed E-state index contributed by atoms with van der Waals surface area (Å²) in [6, 6.07) is 8.12. The molecule has 2 aromatic rings. The molecule has 1 fully saturated rings. The zero-order chi connectivity index (χ0) is 19.8. The molecule has 1 atom stereocenters. The summed E-state index contributed by atoms with van der Waals surface area (Å²) in [7, 11) is 1.79. The Hall–Kier alpha value is -1.55. The summed E-state index contributed by atoms with van der Waals surface area (Å²) in [6.45, 7) is 7.89. The highest BCUT2D eigenvalue weighted by molar-refractivity contribution is 14.0. The topological polar surface area (TPSA) is 61.8 Å². The number of nitrogens with one attached hydrogen (secondary N) is 2. The van der Waals surface area contributed by atoms with Crippen molar-refractivity contribution in [1.29, 1.82) is 0 Å². The minimum absolute atomic E-state index is 0. The van der Waals surface area contributed by atoms with E-state index in [1.807, 2.05) is 18.2 Å². The zero-order valence-corrected chi connectivity index (χ0v) is 20.6. The van der Waals surface area contributed by atoms with Gasteiger partial charge in [0.1, 0.15) is 11.9 Å². The van der Waals surface area contributed by atoms with Crippen LogP contribution in [0.5, 0.6) is 5.75 Å². The van der Waals surface area contributed by atoms with Crippen LogP contribution in [0.3, 0.4) is 0 Å². The van der Waals surface area contributed by atoms with E-state index in [0.29, 0.717) is 6.54 Å². The van der Waals surface area contributed by atoms with E-state index in [4.69, 9.17) is 9.72 Å². The summed E-state index contributed by atoms with van der Waals surface area (Å²) in [4.78, 5) is 11.4. The first-order valence-corrected chi connectivity index (χ1v) is 10.9. The Kier molecular flexibility index (Phi) is 9.99. The lowest BCUT2D eigenvalue weighted by atomic mass is 10.2. The van der Waals surface area contributed by atoms with Gasteiger partial charge >= 0.3 is 0 Å². The van der Waals surface area contributed by atoms with Gasteiger partial charge in [-0.1, -0.05) is 12.1 Å². The van der Waals surface area contributed by atoms with Crippen LogP contribution in [0.1, 0.15) is 31.0 Å². The second-order valence-corrected chi connectivity index (χ2v) is 8.03. The maximum Gasteiger partial charge on any atom is 0.191 e. The SMILES string of the molecule is CN=C(NCCc1csc(N2CCCC2)n1)NCC(C)Oc1cccc(C)c1.I. The first-order valence-electron chi connectivity index (χ1n) is 10.0. The van der Waals surface area contributed by atoms with Gasteiger partial charge in [-0.05, 0) is 44.4 Å². The van der Waals surface area contributed by atoms with E-state index in [0.717, 1.165) is 48.6 Å². The Labute approximate surface area is 195 Å². The molecule has 0 saturated carbocycles. The van der Waals surface area contributed by atoms with Crippen molar-refractivity contribution < 1.29 is 4.74 Å². The van der Waals surface area contributed by atoms with Gasteiger partial charge in [-0.3, -0.25) is 4.99 Å². The molecule has 3 rings (SSSR count). The predicted molar refractivity (Wildman–Crippen MR) is 133 cm³/mol. The van der Waals surface area contributed by atoms with Crippen LogP contribution in [0, 0.1) is 6.92 Å². The third-order valence-electron chi connectivity index (χ3n) is 4.70. The van der Waals surface area contributed by atoms with E-state index >= 15 is 0 Å². The van der Waals surface area contributed by atoms with Gasteiger partial charge in [0.05, 0.1) is 12.2 Å². The Balaban J connectivity index is 0.00000300. The van der Waals surface area contributed by atoms with Crippen LogP contribution in [0.15, 0.2) is 34.6 Å². The third kappa shape index (κ3) is 7.65. The maximum atomic E-state index is 5.96. The number of benzene rings is 1. The van der Waals surface area contributed by atoms with E-state index < -0.39 is 0 Å². The lowest BCUT2D eigenvalue weighted by Gasteiger charge is -2.18. The average Bonchev–Trinajstić information content (AvgIpc) is 3.36. The molecule has 6 nitrogen and oxygen atoms in total. The molecule has 0 radical (unpaired) electrons. The van der Waals surface area contributed by atoms with E-state index in [-0.39, 0.29) is 30.1 Å². The number of rotatable bonds is 8. The van der Waals surface area contributed by atoms with Crippen molar-refractivity contribution >= 4 is 46.4 Å². The zero-order valence-electron chi connectivity index (χ0n) is 17.5. The van der Waals surface area contributed by atoms with Gasteiger partial charge in [0.2, 0.25) is 0 Å². The van der Waals surface area contributed by atoms with Gasteiger partial charge in [-0.2, -0.15) is 0 Å². The fourth-order valence-electron chi connectivity index (χ4n) is 3.20. The number of hydrogen-bond acceptors (Lipinski definition) is 5. The highest BCUT2D eigenvalue weighted by atomic mass is 127. The van der Waals surface area contributed by atoms with Crippen molar-refractivity contribution in [2.24, 2.45) is 4.99 Å². The Morgan fingerprint density at radius 1 is 1.31 bits per heavy atom. The highest BCUT2D eigenvalue weighted by Gasteiger charge is 2.15. The van der Waals surface area contributed by atoms with E-state index in [9.17, 15) is 0 Å². The second kappa shape index (κ2) is 12.2. The predicted octanol–water partition coefficient (Wildman–Crippen LogP) is 3.84. The fraction of sp³-hybridized carbons (Fsp3) is 0.524. The number of halogens is 1. The van der Waals surface area contributed by atoms with Crippen molar-refractivity contribution in [2.75, 3.05) is 38.1 Å². The number of ether oxygens (including phenoxy) is 1. The van der Waals surface area contributed by atoms with Gasteiger partial charge in [-0.25, -0.2) is 4.98 Å². The minimum Gasteiger partial charge on any atom is -0.489 e. The molecule has 1 unspecified atom stereocenters. The molecule has 8 heteroatoms. The monoisotopic (exact) mass is 529 g/mol. The standard InChI is InChI=1S/C21H31N5OS.HI/c1-16-7-6-8-19(13-16)27-17(2)14-24-20(22-3)23-10-9-18-15-28-21(25-18)26-11-4-5-12-26;/h6-8,13,15,17H,4-5,9-12,14H2,1-3H3,(H2,22,23,24);1H. The highest BCUT2D eigenvalue weighted by Crippen LogP contribution is 2.24. The minimum atomic E-state index is 0. The maximum absolute atomic E-state index is 5.96. The molecule has 0 spiro atoms. The molecule has 1 aromatic carbocycles. The first kappa shape index (κ1) is 23.7. The molecular formula is C21H32IN5OS. The number of aryl methyl sites for hydroxylation is 1. The number of thiazole rings is 1. The van der Waals surface area contributed by atoms with Gasteiger partial charge in [0.25, 0.3) is 0 Å². The normalized spacial score (nSPS) is 15.0. The number of aromatic nitrogens is 1. The van der Waals surface area contributed by atoms with Crippen LogP contribution in [0.25, 0.3) is 0 Å². The number of aliphatic imine (C=N–C) groups is 1. The lowest BCUT2D eigenvalue weighted by Crippen LogP contribution is -2.42. The summed E-state index contributed by atoms with van der Waals surface area (Å²) >= 11 is 1.75. The molecule has 1 aromatic heterocycles. The molecule has 0 amide bonds. The van der Waals surface area contributed by atoms with Crippen LogP contribution < -0.4 is 20.3 Å². The largest absolute Gasteiger partial charge is 0.489 e. The smallest absolute Gasteiger partial charge is 0.191 e. The van der Waals surface area contributed by atoms with E-state index in [1.165, 1.54) is 18.4 Å². The molecule has 0 bridgehead atoms. The van der Waals surface area contributed by atoms with Crippen LogP contribution in [-0.4, -0.2) is 50.3 Å². The van der Waals surface area contributed by atoms with Gasteiger partial charge in [0, 0.05) is 38.5 Å². The van der Waals surface area contributed by atoms with Crippen molar-refractivity contribution in [3.8, 4) is 5.75 Å². The lowest BCUT2D eigenvalue weighted by molar-refractivity contribution is 0.223. The second-order valence-electron chi connectivity index (χ2n) is 7.19. The average molecular weight is 529 g/mol. The van der Waals surface area contributed by atoms with Gasteiger partial charge in [-0.15, -0.1) is 35.3 Å². The fourth-order valence-corrected chi connectivity index (χ4v) is 4.11. The van der Waals surface area contributed by atoms with Crippen molar-refractivity contribution in [2.45, 2.75) is 39.2 Å². The summed E-state index contributed by atoms with van der Waals surface area (Å²) in [5.74, 6) is 1.68. The molecule has 1 saturated heterocycles. The van der Waals surface area contributed by atoms with Gasteiger partial charge < -0.3 is 20.3 Å². The Morgan fingerprint density at radius 2 is 2.10 bits per heavy atom. The number of hydrogen-bond donors (Lipinski definition) is 2. The number of anilines is 1. The van der Waals surface area contributed by atoms with Crippen molar-refractivity contribution in [1.82, 2.24) is 15.6 Å². The summed E-state index contributed by atoms with van der Waals surface area (Å²) in [5, 5.41) is 10.0.